The summed E-state index contributed by atoms with van der Waals surface area (Å²) in [5, 5.41) is 0. The molecule has 0 atom stereocenters. The molecule has 2 rings (SSSR count). The summed E-state index contributed by atoms with van der Waals surface area (Å²) < 4.78 is 2.20. The topological polar surface area (TPSA) is 43.1 Å². The number of carbonyl (C=O) groups excluding carboxylic acids is 1. The van der Waals surface area contributed by atoms with Crippen LogP contribution in [0.15, 0.2) is 57.5 Å². The number of hydrogen-bond donors (Lipinski definition) is 1. The average Bonchev–Trinajstić information content (AvgIpc) is 2.51. The Bertz CT molecular complexity index is 677. The van der Waals surface area contributed by atoms with Crippen molar-refractivity contribution < 1.29 is 4.79 Å². The van der Waals surface area contributed by atoms with Crippen molar-refractivity contribution in [1.29, 1.82) is 0 Å². The molecule has 0 fully saturated rings. The molecule has 2 aromatic rings. The number of halogens is 3. The van der Waals surface area contributed by atoms with E-state index in [-0.39, 0.29) is 23.4 Å². The molecule has 150 valence electrons. The summed E-state index contributed by atoms with van der Waals surface area (Å²) in [5.74, 6) is 0. The van der Waals surface area contributed by atoms with Gasteiger partial charge in [-0.15, -0.1) is 12.4 Å². The van der Waals surface area contributed by atoms with Crippen molar-refractivity contribution in [1.82, 2.24) is 0 Å². The Morgan fingerprint density at radius 3 is 1.52 bits per heavy atom. The fourth-order valence-corrected chi connectivity index (χ4v) is 3.11. The summed E-state index contributed by atoms with van der Waals surface area (Å²) in [4.78, 5) is 10.5. The highest BCUT2D eigenvalue weighted by Crippen LogP contribution is 2.25. The van der Waals surface area contributed by atoms with Crippen LogP contribution in [-0.4, -0.2) is 11.8 Å². The van der Waals surface area contributed by atoms with E-state index in [4.69, 9.17) is 5.73 Å². The van der Waals surface area contributed by atoms with Crippen LogP contribution in [0, 0.1) is 5.41 Å². The fraction of sp³-hybridized carbons (Fsp3) is 0.409. The normalized spacial score (nSPS) is 11.1. The van der Waals surface area contributed by atoms with Crippen LogP contribution < -0.4 is 5.73 Å². The predicted molar refractivity (Wildman–Crippen MR) is 126 cm³/mol. The van der Waals surface area contributed by atoms with Gasteiger partial charge in [-0.1, -0.05) is 70.0 Å². The minimum absolute atomic E-state index is 0. The molecule has 0 saturated heterocycles. The van der Waals surface area contributed by atoms with Crippen LogP contribution in [-0.2, 0) is 17.6 Å². The highest BCUT2D eigenvalue weighted by Gasteiger charge is 2.17. The number of rotatable bonds is 6. The monoisotopic (exact) mass is 517 g/mol. The average molecular weight is 520 g/mol. The molecule has 0 heterocycles. The lowest BCUT2D eigenvalue weighted by Gasteiger charge is -2.21. The Balaban J connectivity index is 0.000000488. The highest BCUT2D eigenvalue weighted by atomic mass is 79.9. The number of nitrogens with two attached hydrogens (primary N) is 1. The maximum Gasteiger partial charge on any atom is 0.120 e. The van der Waals surface area contributed by atoms with Crippen LogP contribution in [0.5, 0.6) is 0 Å². The first-order chi connectivity index (χ1) is 12.0. The van der Waals surface area contributed by atoms with Gasteiger partial charge >= 0.3 is 0 Å². The van der Waals surface area contributed by atoms with Gasteiger partial charge in [-0.3, -0.25) is 0 Å². The number of benzene rings is 2. The van der Waals surface area contributed by atoms with Gasteiger partial charge in [0.05, 0.1) is 0 Å². The van der Waals surface area contributed by atoms with E-state index >= 15 is 0 Å². The maximum absolute atomic E-state index is 10.5. The van der Waals surface area contributed by atoms with Gasteiger partial charge in [-0.05, 0) is 67.5 Å². The third-order valence-electron chi connectivity index (χ3n) is 3.80. The van der Waals surface area contributed by atoms with E-state index < -0.39 is 0 Å². The van der Waals surface area contributed by atoms with Crippen molar-refractivity contribution >= 4 is 50.6 Å². The van der Waals surface area contributed by atoms with E-state index in [9.17, 15) is 4.79 Å². The third-order valence-corrected chi connectivity index (χ3v) is 4.86. The van der Waals surface area contributed by atoms with E-state index in [0.29, 0.717) is 6.42 Å². The molecule has 27 heavy (non-hydrogen) atoms. The number of hydrogen-bond acceptors (Lipinski definition) is 2. The van der Waals surface area contributed by atoms with Crippen LogP contribution in [0.3, 0.4) is 0 Å². The summed E-state index contributed by atoms with van der Waals surface area (Å²) >= 11 is 6.79. The highest BCUT2D eigenvalue weighted by molar-refractivity contribution is 9.10. The van der Waals surface area contributed by atoms with Crippen molar-refractivity contribution in [3.63, 3.8) is 0 Å². The zero-order valence-electron chi connectivity index (χ0n) is 16.5. The van der Waals surface area contributed by atoms with Gasteiger partial charge in [0.2, 0.25) is 0 Å². The van der Waals surface area contributed by atoms with Gasteiger partial charge in [-0.25, -0.2) is 0 Å². The summed E-state index contributed by atoms with van der Waals surface area (Å²) in [6.07, 6.45) is 3.47. The predicted octanol–water partition coefficient (Wildman–Crippen LogP) is 6.76. The second kappa shape index (κ2) is 12.0. The molecule has 0 aromatic heterocycles. The van der Waals surface area contributed by atoms with Crippen LogP contribution in [0.2, 0.25) is 0 Å². The Morgan fingerprint density at radius 1 is 0.815 bits per heavy atom. The molecular weight excluding hydrogens is 490 g/mol. The standard InChI is InChI=1S/C12H15BrO.C10H14BrN.ClH/c1-12(2,7-8-14)9-10-3-5-11(13)6-4-10;1-10(2,12)7-8-3-5-9(11)6-4-8;/h3-6,8H,7,9H2,1-2H3;3-6H,7,12H2,1-2H3;1H. The summed E-state index contributed by atoms with van der Waals surface area (Å²) in [5.41, 5.74) is 8.40. The minimum atomic E-state index is -0.117. The smallest absolute Gasteiger partial charge is 0.120 e. The van der Waals surface area contributed by atoms with Crippen molar-refractivity contribution in [3.8, 4) is 0 Å². The van der Waals surface area contributed by atoms with Crippen LogP contribution in [0.4, 0.5) is 0 Å². The van der Waals surface area contributed by atoms with Crippen LogP contribution in [0.1, 0.15) is 45.2 Å². The number of carbonyl (C=O) groups is 1. The molecule has 2 N–H and O–H groups in total. The second-order valence-electron chi connectivity index (χ2n) is 8.13. The van der Waals surface area contributed by atoms with E-state index in [1.54, 1.807) is 0 Å². The lowest BCUT2D eigenvalue weighted by molar-refractivity contribution is -0.109. The molecule has 0 aliphatic heterocycles. The van der Waals surface area contributed by atoms with Gasteiger partial charge < -0.3 is 10.5 Å². The van der Waals surface area contributed by atoms with E-state index in [2.05, 4.69) is 70.0 Å². The Hall–Kier alpha value is -0.680. The van der Waals surface area contributed by atoms with E-state index in [1.165, 1.54) is 11.1 Å². The van der Waals surface area contributed by atoms with Gasteiger partial charge in [0.25, 0.3) is 0 Å². The zero-order valence-corrected chi connectivity index (χ0v) is 20.5. The fourth-order valence-electron chi connectivity index (χ4n) is 2.58. The van der Waals surface area contributed by atoms with Gasteiger partial charge in [0.15, 0.2) is 0 Å². The SMILES string of the molecule is CC(C)(CC=O)Cc1ccc(Br)cc1.CC(C)(N)Cc1ccc(Br)cc1.Cl. The van der Waals surface area contributed by atoms with Crippen LogP contribution in [0.25, 0.3) is 0 Å². The summed E-state index contributed by atoms with van der Waals surface area (Å²) in [6.45, 7) is 8.30. The van der Waals surface area contributed by atoms with Crippen molar-refractivity contribution in [2.75, 3.05) is 0 Å². The summed E-state index contributed by atoms with van der Waals surface area (Å²) in [6, 6.07) is 16.5. The molecule has 0 bridgehead atoms. The quantitative estimate of drug-likeness (QED) is 0.429. The molecule has 2 nitrogen and oxygen atoms in total. The van der Waals surface area contributed by atoms with E-state index in [1.807, 2.05) is 38.1 Å². The molecular formula is C22H30Br2ClNO. The molecule has 0 spiro atoms. The van der Waals surface area contributed by atoms with Gasteiger partial charge in [0.1, 0.15) is 6.29 Å². The molecule has 0 aliphatic rings. The zero-order chi connectivity index (χ0) is 19.8. The lowest BCUT2D eigenvalue weighted by Crippen LogP contribution is -2.34. The molecule has 0 unspecified atom stereocenters. The summed E-state index contributed by atoms with van der Waals surface area (Å²) in [7, 11) is 0. The molecule has 0 aliphatic carbocycles. The largest absolute Gasteiger partial charge is 0.325 e. The molecule has 5 heteroatoms. The molecule has 2 aromatic carbocycles. The third kappa shape index (κ3) is 12.4. The lowest BCUT2D eigenvalue weighted by atomic mass is 9.83. The van der Waals surface area contributed by atoms with Gasteiger partial charge in [-0.2, -0.15) is 0 Å². The Labute approximate surface area is 187 Å². The molecule has 0 radical (unpaired) electrons. The minimum Gasteiger partial charge on any atom is -0.325 e. The van der Waals surface area contributed by atoms with Crippen molar-refractivity contribution in [2.24, 2.45) is 11.1 Å². The van der Waals surface area contributed by atoms with Crippen molar-refractivity contribution in [2.45, 2.75) is 52.5 Å². The van der Waals surface area contributed by atoms with Gasteiger partial charge in [0, 0.05) is 20.9 Å². The first kappa shape index (κ1) is 26.3. The second-order valence-corrected chi connectivity index (χ2v) is 9.96. The van der Waals surface area contributed by atoms with Crippen molar-refractivity contribution in [3.05, 3.63) is 68.6 Å². The maximum atomic E-state index is 10.5. The first-order valence-corrected chi connectivity index (χ1v) is 10.3. The van der Waals surface area contributed by atoms with E-state index in [0.717, 1.165) is 28.1 Å². The molecule has 0 saturated carbocycles. The molecule has 0 amide bonds. The Kier molecular flexibility index (Phi) is 11.7. The number of aldehydes is 1. The Morgan fingerprint density at radius 2 is 1.19 bits per heavy atom. The first-order valence-electron chi connectivity index (χ1n) is 8.72. The van der Waals surface area contributed by atoms with Crippen LogP contribution >= 0.6 is 44.3 Å².